The summed E-state index contributed by atoms with van der Waals surface area (Å²) in [4.78, 5) is 13.8. The van der Waals surface area contributed by atoms with Crippen LogP contribution in [0.2, 0.25) is 0 Å². The normalized spacial score (nSPS) is 11.8. The number of nitrogens with one attached hydrogen (secondary N) is 2. The molecule has 4 nitrogen and oxygen atoms in total. The van der Waals surface area contributed by atoms with Crippen LogP contribution in [0, 0.1) is 6.92 Å². The Morgan fingerprint density at radius 3 is 2.57 bits per heavy atom. The summed E-state index contributed by atoms with van der Waals surface area (Å²) in [7, 11) is 1.60. The first-order valence-corrected chi connectivity index (χ1v) is 10.3. The second-order valence-electron chi connectivity index (χ2n) is 6.68. The van der Waals surface area contributed by atoms with Gasteiger partial charge in [0.2, 0.25) is 5.91 Å². The van der Waals surface area contributed by atoms with Gasteiger partial charge in [-0.3, -0.25) is 10.1 Å². The summed E-state index contributed by atoms with van der Waals surface area (Å²) < 4.78 is 5.34. The highest BCUT2D eigenvalue weighted by molar-refractivity contribution is 7.10. The van der Waals surface area contributed by atoms with Crippen molar-refractivity contribution in [3.63, 3.8) is 0 Å². The first-order valence-electron chi connectivity index (χ1n) is 9.40. The van der Waals surface area contributed by atoms with Crippen LogP contribution in [0.25, 0.3) is 0 Å². The minimum absolute atomic E-state index is 0.0175. The zero-order chi connectivity index (χ0) is 19.9. The van der Waals surface area contributed by atoms with Gasteiger partial charge in [0.05, 0.1) is 25.4 Å². The summed E-state index contributed by atoms with van der Waals surface area (Å²) in [6.07, 6.45) is 1.01. The predicted octanol–water partition coefficient (Wildman–Crippen LogP) is 4.95. The largest absolute Gasteiger partial charge is 0.495 e. The van der Waals surface area contributed by atoms with Crippen molar-refractivity contribution in [3.05, 3.63) is 81.5 Å². The predicted molar refractivity (Wildman–Crippen MR) is 116 cm³/mol. The lowest BCUT2D eigenvalue weighted by Crippen LogP contribution is -2.31. The molecule has 0 saturated heterocycles. The van der Waals surface area contributed by atoms with Gasteiger partial charge in [-0.15, -0.1) is 11.3 Å². The molecular weight excluding hydrogens is 368 g/mol. The molecule has 0 fully saturated rings. The van der Waals surface area contributed by atoms with Crippen LogP contribution in [0.1, 0.15) is 34.5 Å². The van der Waals surface area contributed by atoms with Gasteiger partial charge in [-0.2, -0.15) is 0 Å². The molecule has 2 aromatic carbocycles. The second kappa shape index (κ2) is 9.53. The van der Waals surface area contributed by atoms with E-state index in [4.69, 9.17) is 4.74 Å². The number of hydrogen-bond donors (Lipinski definition) is 2. The molecule has 146 valence electrons. The van der Waals surface area contributed by atoms with Crippen molar-refractivity contribution in [2.45, 2.75) is 26.3 Å². The number of anilines is 1. The number of amides is 1. The quantitative estimate of drug-likeness (QED) is 0.569. The van der Waals surface area contributed by atoms with E-state index in [0.29, 0.717) is 11.4 Å². The van der Waals surface area contributed by atoms with E-state index >= 15 is 0 Å². The van der Waals surface area contributed by atoms with E-state index in [1.807, 2.05) is 31.2 Å². The third-order valence-corrected chi connectivity index (χ3v) is 5.58. The standard InChI is InChI=1S/C23H26N2O2S/c1-4-17-8-10-18(11-9-17)23(21-6-5-13-28-21)24-15-22(26)25-19-14-16(2)7-12-20(19)27-3/h5-14,23-24H,4,15H2,1-3H3,(H,25,26)/t23-/m1/s1. The summed E-state index contributed by atoms with van der Waals surface area (Å²) in [5.74, 6) is 0.555. The maximum Gasteiger partial charge on any atom is 0.238 e. The molecule has 1 atom stereocenters. The van der Waals surface area contributed by atoms with Crippen LogP contribution < -0.4 is 15.4 Å². The first kappa shape index (κ1) is 20.1. The topological polar surface area (TPSA) is 50.4 Å². The van der Waals surface area contributed by atoms with Gasteiger partial charge in [0, 0.05) is 4.88 Å². The lowest BCUT2D eigenvalue weighted by atomic mass is 10.0. The van der Waals surface area contributed by atoms with Crippen LogP contribution in [0.15, 0.2) is 60.0 Å². The van der Waals surface area contributed by atoms with Gasteiger partial charge in [0.1, 0.15) is 5.75 Å². The SMILES string of the molecule is CCc1ccc([C@@H](NCC(=O)Nc2cc(C)ccc2OC)c2cccs2)cc1. The Labute approximate surface area is 170 Å². The van der Waals surface area contributed by atoms with Gasteiger partial charge < -0.3 is 10.1 Å². The van der Waals surface area contributed by atoms with Crippen LogP contribution >= 0.6 is 11.3 Å². The second-order valence-corrected chi connectivity index (χ2v) is 7.66. The Hall–Kier alpha value is -2.63. The molecule has 28 heavy (non-hydrogen) atoms. The van der Waals surface area contributed by atoms with Crippen molar-refractivity contribution in [1.29, 1.82) is 0 Å². The van der Waals surface area contributed by atoms with Gasteiger partial charge in [0.25, 0.3) is 0 Å². The zero-order valence-electron chi connectivity index (χ0n) is 16.5. The van der Waals surface area contributed by atoms with Gasteiger partial charge in [0.15, 0.2) is 0 Å². The first-order chi connectivity index (χ1) is 13.6. The highest BCUT2D eigenvalue weighted by Gasteiger charge is 2.17. The number of aryl methyl sites for hydroxylation is 2. The molecule has 1 aromatic heterocycles. The van der Waals surface area contributed by atoms with Crippen LogP contribution in [0.4, 0.5) is 5.69 Å². The van der Waals surface area contributed by atoms with Crippen LogP contribution in [0.3, 0.4) is 0 Å². The average Bonchev–Trinajstić information content (AvgIpc) is 3.23. The minimum atomic E-state index is -0.101. The molecule has 3 aromatic rings. The number of hydrogen-bond acceptors (Lipinski definition) is 4. The van der Waals surface area contributed by atoms with Crippen LogP contribution in [-0.2, 0) is 11.2 Å². The monoisotopic (exact) mass is 394 g/mol. The van der Waals surface area contributed by atoms with E-state index in [0.717, 1.165) is 17.5 Å². The number of ether oxygens (including phenoxy) is 1. The molecule has 0 radical (unpaired) electrons. The molecule has 3 rings (SSSR count). The maximum atomic E-state index is 12.6. The number of benzene rings is 2. The number of carbonyl (C=O) groups excluding carboxylic acids is 1. The average molecular weight is 395 g/mol. The van der Waals surface area contributed by atoms with E-state index in [-0.39, 0.29) is 18.5 Å². The van der Waals surface area contributed by atoms with E-state index in [1.165, 1.54) is 10.4 Å². The van der Waals surface area contributed by atoms with E-state index in [2.05, 4.69) is 53.3 Å². The fourth-order valence-corrected chi connectivity index (χ4v) is 3.92. The van der Waals surface area contributed by atoms with Gasteiger partial charge in [-0.25, -0.2) is 0 Å². The van der Waals surface area contributed by atoms with Gasteiger partial charge in [-0.1, -0.05) is 43.3 Å². The molecule has 1 amide bonds. The zero-order valence-corrected chi connectivity index (χ0v) is 17.3. The summed E-state index contributed by atoms with van der Waals surface area (Å²) in [5, 5.41) is 8.41. The highest BCUT2D eigenvalue weighted by atomic mass is 32.1. The van der Waals surface area contributed by atoms with Gasteiger partial charge >= 0.3 is 0 Å². The molecule has 1 heterocycles. The Balaban J connectivity index is 1.71. The molecule has 0 saturated carbocycles. The van der Waals surface area contributed by atoms with Crippen molar-refractivity contribution < 1.29 is 9.53 Å². The summed E-state index contributed by atoms with van der Waals surface area (Å²) in [5.41, 5.74) is 4.21. The van der Waals surface area contributed by atoms with Crippen molar-refractivity contribution in [2.24, 2.45) is 0 Å². The summed E-state index contributed by atoms with van der Waals surface area (Å²) in [6.45, 7) is 4.34. The van der Waals surface area contributed by atoms with E-state index in [1.54, 1.807) is 18.4 Å². The maximum absolute atomic E-state index is 12.6. The molecular formula is C23H26N2O2S. The molecule has 0 aliphatic rings. The Kier molecular flexibility index (Phi) is 6.85. The fourth-order valence-electron chi connectivity index (χ4n) is 3.09. The molecule has 0 unspecified atom stereocenters. The number of carbonyl (C=O) groups is 1. The molecule has 5 heteroatoms. The Bertz CT molecular complexity index is 905. The van der Waals surface area contributed by atoms with Crippen LogP contribution in [-0.4, -0.2) is 19.6 Å². The molecule has 0 bridgehead atoms. The Morgan fingerprint density at radius 2 is 1.93 bits per heavy atom. The summed E-state index contributed by atoms with van der Waals surface area (Å²) >= 11 is 1.69. The molecule has 0 aliphatic heterocycles. The van der Waals surface area contributed by atoms with Gasteiger partial charge in [-0.05, 0) is 53.6 Å². The van der Waals surface area contributed by atoms with Crippen molar-refractivity contribution in [1.82, 2.24) is 5.32 Å². The highest BCUT2D eigenvalue weighted by Crippen LogP contribution is 2.27. The number of methoxy groups -OCH3 is 1. The number of rotatable bonds is 8. The molecule has 0 aliphatic carbocycles. The third-order valence-electron chi connectivity index (χ3n) is 4.64. The number of thiophene rings is 1. The lowest BCUT2D eigenvalue weighted by molar-refractivity contribution is -0.115. The smallest absolute Gasteiger partial charge is 0.238 e. The summed E-state index contributed by atoms with van der Waals surface area (Å²) in [6, 6.07) is 18.4. The van der Waals surface area contributed by atoms with E-state index in [9.17, 15) is 4.79 Å². The third kappa shape index (κ3) is 5.00. The molecule has 2 N–H and O–H groups in total. The van der Waals surface area contributed by atoms with Crippen LogP contribution in [0.5, 0.6) is 5.75 Å². The lowest BCUT2D eigenvalue weighted by Gasteiger charge is -2.19. The van der Waals surface area contributed by atoms with Crippen molar-refractivity contribution in [3.8, 4) is 5.75 Å². The van der Waals surface area contributed by atoms with Crippen molar-refractivity contribution in [2.75, 3.05) is 19.0 Å². The van der Waals surface area contributed by atoms with Crippen molar-refractivity contribution >= 4 is 22.9 Å². The fraction of sp³-hybridized carbons (Fsp3) is 0.261. The van der Waals surface area contributed by atoms with E-state index < -0.39 is 0 Å². The minimum Gasteiger partial charge on any atom is -0.495 e. The molecule has 0 spiro atoms. The Morgan fingerprint density at radius 1 is 1.14 bits per heavy atom.